The van der Waals surface area contributed by atoms with Crippen molar-refractivity contribution >= 4 is 32.7 Å². The van der Waals surface area contributed by atoms with Crippen molar-refractivity contribution in [2.45, 2.75) is 6.92 Å². The first-order chi connectivity index (χ1) is 8.13. The molecule has 17 heavy (non-hydrogen) atoms. The van der Waals surface area contributed by atoms with Crippen molar-refractivity contribution in [1.29, 1.82) is 0 Å². The van der Waals surface area contributed by atoms with Gasteiger partial charge in [-0.05, 0) is 25.1 Å². The second-order valence-electron chi connectivity index (χ2n) is 3.58. The number of hydrogen-bond donors (Lipinski definition) is 2. The zero-order valence-corrected chi connectivity index (χ0v) is 10.8. The average Bonchev–Trinajstić information content (AvgIpc) is 2.30. The summed E-state index contributed by atoms with van der Waals surface area (Å²) < 4.78 is 0.809. The summed E-state index contributed by atoms with van der Waals surface area (Å²) in [5.74, 6) is -0.351. The topological polar surface area (TPSA) is 62.0 Å². The predicted octanol–water partition coefficient (Wildman–Crippen LogP) is 2.04. The number of aromatic nitrogens is 1. The third kappa shape index (κ3) is 2.24. The Kier molecular flexibility index (Phi) is 3.28. The first kappa shape index (κ1) is 11.9. The number of amides is 1. The molecule has 0 spiro atoms. The van der Waals surface area contributed by atoms with Crippen LogP contribution >= 0.6 is 15.9 Å². The van der Waals surface area contributed by atoms with Crippen LogP contribution in [0.2, 0.25) is 0 Å². The van der Waals surface area contributed by atoms with E-state index in [1.54, 1.807) is 12.1 Å². The number of carbonyl (C=O) groups excluding carboxylic acids is 1. The van der Waals surface area contributed by atoms with Gasteiger partial charge in [-0.1, -0.05) is 15.9 Å². The van der Waals surface area contributed by atoms with Crippen LogP contribution in [-0.2, 0) is 0 Å². The van der Waals surface area contributed by atoms with Gasteiger partial charge >= 0.3 is 0 Å². The molecule has 0 saturated carbocycles. The average molecular weight is 295 g/mol. The van der Waals surface area contributed by atoms with Crippen LogP contribution in [0.15, 0.2) is 33.7 Å². The lowest BCUT2D eigenvalue weighted by molar-refractivity contribution is 0.0954. The number of carbonyl (C=O) groups is 1. The van der Waals surface area contributed by atoms with Crippen LogP contribution in [-0.4, -0.2) is 17.4 Å². The molecule has 4 nitrogen and oxygen atoms in total. The van der Waals surface area contributed by atoms with Crippen molar-refractivity contribution in [3.63, 3.8) is 0 Å². The van der Waals surface area contributed by atoms with E-state index in [0.717, 1.165) is 4.47 Å². The first-order valence-corrected chi connectivity index (χ1v) is 6.02. The van der Waals surface area contributed by atoms with E-state index in [0.29, 0.717) is 17.4 Å². The largest absolute Gasteiger partial charge is 0.360 e. The third-order valence-corrected chi connectivity index (χ3v) is 2.92. The molecule has 2 N–H and O–H groups in total. The summed E-state index contributed by atoms with van der Waals surface area (Å²) in [4.78, 5) is 26.7. The summed E-state index contributed by atoms with van der Waals surface area (Å²) in [6.07, 6.45) is 1.45. The van der Waals surface area contributed by atoms with Gasteiger partial charge < -0.3 is 10.3 Å². The summed E-state index contributed by atoms with van der Waals surface area (Å²) in [6.45, 7) is 2.30. The maximum atomic E-state index is 12.1. The molecule has 0 aliphatic heterocycles. The lowest BCUT2D eigenvalue weighted by atomic mass is 10.1. The molecule has 2 rings (SSSR count). The highest BCUT2D eigenvalue weighted by molar-refractivity contribution is 9.10. The number of H-pyrrole nitrogens is 1. The summed E-state index contributed by atoms with van der Waals surface area (Å²) in [5, 5.41) is 3.11. The van der Waals surface area contributed by atoms with Gasteiger partial charge in [0.2, 0.25) is 5.43 Å². The molecule has 0 atom stereocenters. The Bertz CT molecular complexity index is 634. The molecule has 1 heterocycles. The highest BCUT2D eigenvalue weighted by Gasteiger charge is 2.11. The van der Waals surface area contributed by atoms with Crippen LogP contribution < -0.4 is 10.7 Å². The van der Waals surface area contributed by atoms with Crippen molar-refractivity contribution in [1.82, 2.24) is 10.3 Å². The van der Waals surface area contributed by atoms with Crippen LogP contribution in [0.1, 0.15) is 17.3 Å². The van der Waals surface area contributed by atoms with E-state index >= 15 is 0 Å². The Morgan fingerprint density at radius 1 is 1.47 bits per heavy atom. The Balaban J connectivity index is 2.65. The molecule has 0 aliphatic rings. The van der Waals surface area contributed by atoms with Gasteiger partial charge in [-0.3, -0.25) is 9.59 Å². The summed E-state index contributed by atoms with van der Waals surface area (Å²) in [6, 6.07) is 5.34. The second kappa shape index (κ2) is 4.71. The molecule has 0 bridgehead atoms. The smallest absolute Gasteiger partial charge is 0.256 e. The number of benzene rings is 1. The van der Waals surface area contributed by atoms with Crippen molar-refractivity contribution in [3.05, 3.63) is 44.7 Å². The highest BCUT2D eigenvalue weighted by atomic mass is 79.9. The van der Waals surface area contributed by atoms with Gasteiger partial charge in [0.1, 0.15) is 5.56 Å². The van der Waals surface area contributed by atoms with Gasteiger partial charge in [-0.15, -0.1) is 0 Å². The normalized spacial score (nSPS) is 10.5. The number of rotatable bonds is 2. The molecule has 5 heteroatoms. The van der Waals surface area contributed by atoms with E-state index in [-0.39, 0.29) is 16.9 Å². The molecule has 0 fully saturated rings. The second-order valence-corrected chi connectivity index (χ2v) is 4.50. The minimum Gasteiger partial charge on any atom is -0.360 e. The zero-order valence-electron chi connectivity index (χ0n) is 9.21. The predicted molar refractivity (Wildman–Crippen MR) is 70.3 cm³/mol. The molecule has 0 aliphatic carbocycles. The van der Waals surface area contributed by atoms with Gasteiger partial charge in [-0.25, -0.2) is 0 Å². The fraction of sp³-hybridized carbons (Fsp3) is 0.167. The molecule has 88 valence electrons. The van der Waals surface area contributed by atoms with Gasteiger partial charge in [0.05, 0.1) is 0 Å². The Labute approximate surface area is 106 Å². The van der Waals surface area contributed by atoms with Gasteiger partial charge in [-0.2, -0.15) is 0 Å². The molecular formula is C12H11BrN2O2. The fourth-order valence-electron chi connectivity index (χ4n) is 1.62. The summed E-state index contributed by atoms with van der Waals surface area (Å²) in [5.41, 5.74) is 0.592. The van der Waals surface area contributed by atoms with Crippen molar-refractivity contribution in [2.24, 2.45) is 0 Å². The van der Waals surface area contributed by atoms with Crippen LogP contribution in [0, 0.1) is 0 Å². The Hall–Kier alpha value is -1.62. The molecule has 0 radical (unpaired) electrons. The van der Waals surface area contributed by atoms with E-state index in [9.17, 15) is 9.59 Å². The molecule has 0 unspecified atom stereocenters. The monoisotopic (exact) mass is 294 g/mol. The number of fused-ring (bicyclic) bond motifs is 1. The van der Waals surface area contributed by atoms with Crippen LogP contribution in [0.3, 0.4) is 0 Å². The van der Waals surface area contributed by atoms with Gasteiger partial charge in [0, 0.05) is 28.1 Å². The van der Waals surface area contributed by atoms with E-state index in [1.807, 2.05) is 13.0 Å². The quantitative estimate of drug-likeness (QED) is 0.890. The standard InChI is InChI=1S/C12H11BrN2O2/c1-2-14-12(17)9-6-15-10-4-3-7(13)5-8(10)11(9)16/h3-6H,2H2,1H3,(H,14,17)(H,15,16). The van der Waals surface area contributed by atoms with Gasteiger partial charge in [0.15, 0.2) is 0 Å². The molecule has 1 aromatic heterocycles. The van der Waals surface area contributed by atoms with Crippen LogP contribution in [0.25, 0.3) is 10.9 Å². The fourth-order valence-corrected chi connectivity index (χ4v) is 1.98. The summed E-state index contributed by atoms with van der Waals surface area (Å²) >= 11 is 3.31. The third-order valence-electron chi connectivity index (χ3n) is 2.42. The maximum absolute atomic E-state index is 12.1. The molecular weight excluding hydrogens is 284 g/mol. The number of pyridine rings is 1. The lowest BCUT2D eigenvalue weighted by Crippen LogP contribution is -2.28. The zero-order chi connectivity index (χ0) is 12.4. The summed E-state index contributed by atoms with van der Waals surface area (Å²) in [7, 11) is 0. The minimum absolute atomic E-state index is 0.137. The maximum Gasteiger partial charge on any atom is 0.256 e. The van der Waals surface area contributed by atoms with Gasteiger partial charge in [0.25, 0.3) is 5.91 Å². The Morgan fingerprint density at radius 2 is 2.24 bits per heavy atom. The first-order valence-electron chi connectivity index (χ1n) is 5.22. The SMILES string of the molecule is CCNC(=O)c1c[nH]c2ccc(Br)cc2c1=O. The van der Waals surface area contributed by atoms with E-state index < -0.39 is 0 Å². The lowest BCUT2D eigenvalue weighted by Gasteiger charge is -2.03. The number of hydrogen-bond acceptors (Lipinski definition) is 2. The highest BCUT2D eigenvalue weighted by Crippen LogP contribution is 2.15. The van der Waals surface area contributed by atoms with Crippen LogP contribution in [0.4, 0.5) is 0 Å². The number of halogens is 1. The van der Waals surface area contributed by atoms with Crippen LogP contribution in [0.5, 0.6) is 0 Å². The van der Waals surface area contributed by atoms with Crippen molar-refractivity contribution < 1.29 is 4.79 Å². The van der Waals surface area contributed by atoms with E-state index in [1.165, 1.54) is 6.20 Å². The molecule has 2 aromatic rings. The minimum atomic E-state index is -0.351. The number of nitrogens with one attached hydrogen (secondary N) is 2. The molecule has 0 saturated heterocycles. The number of aromatic amines is 1. The van der Waals surface area contributed by atoms with E-state index in [4.69, 9.17) is 0 Å². The van der Waals surface area contributed by atoms with Crippen molar-refractivity contribution in [2.75, 3.05) is 6.54 Å². The van der Waals surface area contributed by atoms with Crippen molar-refractivity contribution in [3.8, 4) is 0 Å². The van der Waals surface area contributed by atoms with E-state index in [2.05, 4.69) is 26.2 Å². The molecule has 1 aromatic carbocycles. The molecule has 1 amide bonds. The Morgan fingerprint density at radius 3 is 2.94 bits per heavy atom.